The van der Waals surface area contributed by atoms with Crippen LogP contribution in [0.25, 0.3) is 0 Å². The minimum Gasteiger partial charge on any atom is -0.446 e. The lowest BCUT2D eigenvalue weighted by Gasteiger charge is -2.23. The molecule has 0 aromatic heterocycles. The summed E-state index contributed by atoms with van der Waals surface area (Å²) in [5.74, 6) is 8.11. The van der Waals surface area contributed by atoms with Crippen molar-refractivity contribution in [1.29, 1.82) is 0 Å². The van der Waals surface area contributed by atoms with Crippen LogP contribution in [0, 0.1) is 23.7 Å². The van der Waals surface area contributed by atoms with E-state index in [1.807, 2.05) is 0 Å². The highest BCUT2D eigenvalue weighted by Crippen LogP contribution is 2.33. The third-order valence-electron chi connectivity index (χ3n) is 2.72. The summed E-state index contributed by atoms with van der Waals surface area (Å²) < 4.78 is 15.8. The van der Waals surface area contributed by atoms with E-state index in [-0.39, 0.29) is 0 Å². The summed E-state index contributed by atoms with van der Waals surface area (Å²) in [6.07, 6.45) is 1.40. The van der Waals surface area contributed by atoms with E-state index in [0.717, 1.165) is 0 Å². The fraction of sp³-hybridized carbons (Fsp3) is 0.429. The lowest BCUT2D eigenvalue weighted by Crippen LogP contribution is -2.41. The molecule has 2 rings (SSSR count). The maximum atomic E-state index is 11.4. The smallest absolute Gasteiger partial charge is 0.384 e. The molecule has 1 saturated heterocycles. The van der Waals surface area contributed by atoms with Crippen molar-refractivity contribution in [3.63, 3.8) is 0 Å². The van der Waals surface area contributed by atoms with Crippen LogP contribution >= 0.6 is 0 Å². The third-order valence-corrected chi connectivity index (χ3v) is 2.72. The van der Waals surface area contributed by atoms with Crippen LogP contribution in [0.1, 0.15) is 13.8 Å². The number of fused-ring (bicyclic) bond motifs is 2. The maximum Gasteiger partial charge on any atom is 0.384 e. The molecule has 5 nitrogen and oxygen atoms in total. The van der Waals surface area contributed by atoms with E-state index in [4.69, 9.17) is 14.2 Å². The summed E-state index contributed by atoms with van der Waals surface area (Å²) in [7, 11) is 0. The van der Waals surface area contributed by atoms with Crippen LogP contribution in [-0.4, -0.2) is 36.4 Å². The van der Waals surface area contributed by atoms with Gasteiger partial charge in [0.1, 0.15) is 12.2 Å². The van der Waals surface area contributed by atoms with Gasteiger partial charge in [-0.25, -0.2) is 9.59 Å². The number of rotatable bonds is 2. The first-order chi connectivity index (χ1) is 9.15. The zero-order valence-corrected chi connectivity index (χ0v) is 10.5. The van der Waals surface area contributed by atoms with Gasteiger partial charge in [-0.15, -0.1) is 0 Å². The van der Waals surface area contributed by atoms with Crippen LogP contribution in [0.15, 0.2) is 12.2 Å². The second-order valence-electron chi connectivity index (χ2n) is 3.94. The predicted molar refractivity (Wildman–Crippen MR) is 64.5 cm³/mol. The van der Waals surface area contributed by atoms with Crippen LogP contribution in [-0.2, 0) is 23.8 Å². The van der Waals surface area contributed by atoms with E-state index in [2.05, 4.69) is 23.7 Å². The number of hydrogen-bond acceptors (Lipinski definition) is 5. The first-order valence-electron chi connectivity index (χ1n) is 5.76. The van der Waals surface area contributed by atoms with Crippen LogP contribution in [0.3, 0.4) is 0 Å². The normalized spacial score (nSPS) is 29.8. The Hall–Kier alpha value is -2.24. The quantitative estimate of drug-likeness (QED) is 0.307. The number of ether oxygens (including phenoxy) is 3. The topological polar surface area (TPSA) is 61.8 Å². The highest BCUT2D eigenvalue weighted by atomic mass is 16.6. The summed E-state index contributed by atoms with van der Waals surface area (Å²) >= 11 is 0. The van der Waals surface area contributed by atoms with E-state index in [1.54, 1.807) is 12.2 Å². The van der Waals surface area contributed by atoms with E-state index in [0.29, 0.717) is 0 Å². The summed E-state index contributed by atoms with van der Waals surface area (Å²) in [4.78, 5) is 22.8. The molecule has 19 heavy (non-hydrogen) atoms. The Labute approximate surface area is 110 Å². The average Bonchev–Trinajstić information content (AvgIpc) is 2.93. The first kappa shape index (κ1) is 13.2. The fourth-order valence-electron chi connectivity index (χ4n) is 2.02. The zero-order valence-electron chi connectivity index (χ0n) is 10.5. The molecule has 0 amide bonds. The maximum absolute atomic E-state index is 11.4. The van der Waals surface area contributed by atoms with Gasteiger partial charge >= 0.3 is 11.9 Å². The van der Waals surface area contributed by atoms with Gasteiger partial charge in [-0.3, -0.25) is 0 Å². The molecule has 2 heterocycles. The standard InChI is InChI=1S/C14H12O5/c1-3-5-11(15)18-13-9-7-8-10(17-9)14(13)19-12(16)6-4-2/h7-10,13-14H,1-2H3/t9-,10+,13+,14-. The van der Waals surface area contributed by atoms with Crippen molar-refractivity contribution in [3.05, 3.63) is 12.2 Å². The SMILES string of the molecule is CC#CC(=O)O[C@@H]1[C@H](OC(=O)C#CC)[C@@H]2C=C[C@H]1O2. The first-order valence-corrected chi connectivity index (χ1v) is 5.76. The molecule has 2 bridgehead atoms. The van der Waals surface area contributed by atoms with Crippen LogP contribution < -0.4 is 0 Å². The van der Waals surface area contributed by atoms with E-state index < -0.39 is 36.4 Å². The molecule has 2 aliphatic rings. The molecule has 4 atom stereocenters. The fourth-order valence-corrected chi connectivity index (χ4v) is 2.02. The van der Waals surface area contributed by atoms with E-state index in [9.17, 15) is 9.59 Å². The van der Waals surface area contributed by atoms with Gasteiger partial charge in [0.05, 0.1) is 0 Å². The van der Waals surface area contributed by atoms with Gasteiger partial charge in [-0.05, 0) is 13.8 Å². The van der Waals surface area contributed by atoms with Gasteiger partial charge in [0.15, 0.2) is 12.2 Å². The molecule has 0 radical (unpaired) electrons. The molecule has 0 aromatic rings. The van der Waals surface area contributed by atoms with Crippen molar-refractivity contribution in [1.82, 2.24) is 0 Å². The van der Waals surface area contributed by atoms with E-state index in [1.165, 1.54) is 13.8 Å². The van der Waals surface area contributed by atoms with Crippen molar-refractivity contribution in [2.75, 3.05) is 0 Å². The van der Waals surface area contributed by atoms with Gasteiger partial charge in [0.25, 0.3) is 0 Å². The lowest BCUT2D eigenvalue weighted by atomic mass is 10.0. The molecule has 2 aliphatic heterocycles. The number of carbonyl (C=O) groups excluding carboxylic acids is 2. The second-order valence-corrected chi connectivity index (χ2v) is 3.94. The third kappa shape index (κ3) is 2.78. The lowest BCUT2D eigenvalue weighted by molar-refractivity contribution is -0.158. The predicted octanol–water partition coefficient (Wildman–Crippen LogP) is 0.194. The molecule has 0 aromatic carbocycles. The molecular weight excluding hydrogens is 248 g/mol. The van der Waals surface area contributed by atoms with Gasteiger partial charge in [0, 0.05) is 11.8 Å². The van der Waals surface area contributed by atoms with Gasteiger partial charge in [0.2, 0.25) is 0 Å². The number of carbonyl (C=O) groups is 2. The van der Waals surface area contributed by atoms with Crippen LogP contribution in [0.4, 0.5) is 0 Å². The molecule has 0 N–H and O–H groups in total. The average molecular weight is 260 g/mol. The largest absolute Gasteiger partial charge is 0.446 e. The molecule has 0 saturated carbocycles. The molecule has 98 valence electrons. The van der Waals surface area contributed by atoms with Gasteiger partial charge < -0.3 is 14.2 Å². The van der Waals surface area contributed by atoms with Crippen molar-refractivity contribution in [3.8, 4) is 23.7 Å². The van der Waals surface area contributed by atoms with Crippen molar-refractivity contribution < 1.29 is 23.8 Å². The monoisotopic (exact) mass is 260 g/mol. The molecular formula is C14H12O5. The van der Waals surface area contributed by atoms with Crippen molar-refractivity contribution in [2.45, 2.75) is 38.3 Å². The summed E-state index contributed by atoms with van der Waals surface area (Å²) in [5.41, 5.74) is 0. The Balaban J connectivity index is 2.08. The summed E-state index contributed by atoms with van der Waals surface area (Å²) in [6, 6.07) is 0. The minimum atomic E-state index is -0.675. The zero-order chi connectivity index (χ0) is 13.8. The van der Waals surface area contributed by atoms with E-state index >= 15 is 0 Å². The van der Waals surface area contributed by atoms with Crippen LogP contribution in [0.2, 0.25) is 0 Å². The Morgan fingerprint density at radius 3 is 1.74 bits per heavy atom. The molecule has 0 spiro atoms. The Bertz CT molecular complexity index is 492. The van der Waals surface area contributed by atoms with Crippen molar-refractivity contribution >= 4 is 11.9 Å². The number of esters is 2. The Kier molecular flexibility index (Phi) is 3.89. The second kappa shape index (κ2) is 5.60. The molecule has 0 unspecified atom stereocenters. The van der Waals surface area contributed by atoms with Crippen molar-refractivity contribution in [2.24, 2.45) is 0 Å². The molecule has 0 aliphatic carbocycles. The highest BCUT2D eigenvalue weighted by molar-refractivity contribution is 5.89. The molecule has 1 fully saturated rings. The molecule has 5 heteroatoms. The summed E-state index contributed by atoms with van der Waals surface area (Å²) in [5, 5.41) is 0. The highest BCUT2D eigenvalue weighted by Gasteiger charge is 2.50. The number of hydrogen-bond donors (Lipinski definition) is 0. The Morgan fingerprint density at radius 2 is 1.37 bits per heavy atom. The Morgan fingerprint density at radius 1 is 0.947 bits per heavy atom. The van der Waals surface area contributed by atoms with Gasteiger partial charge in [-0.2, -0.15) is 0 Å². The summed E-state index contributed by atoms with van der Waals surface area (Å²) in [6.45, 7) is 3.07. The minimum absolute atomic E-state index is 0.403. The van der Waals surface area contributed by atoms with Crippen LogP contribution in [0.5, 0.6) is 0 Å². The van der Waals surface area contributed by atoms with Gasteiger partial charge in [-0.1, -0.05) is 24.0 Å².